The summed E-state index contributed by atoms with van der Waals surface area (Å²) in [6.07, 6.45) is 1.75. The van der Waals surface area contributed by atoms with Gasteiger partial charge >= 0.3 is 0 Å². The lowest BCUT2D eigenvalue weighted by Gasteiger charge is -2.07. The molecule has 0 aliphatic rings. The molecule has 114 valence electrons. The number of hydrogen-bond acceptors (Lipinski definition) is 3. The zero-order valence-corrected chi connectivity index (χ0v) is 13.2. The summed E-state index contributed by atoms with van der Waals surface area (Å²) >= 11 is 0. The van der Waals surface area contributed by atoms with Crippen LogP contribution in [-0.4, -0.2) is 9.97 Å². The molecule has 0 saturated heterocycles. The van der Waals surface area contributed by atoms with Crippen LogP contribution in [0.5, 0.6) is 0 Å². The van der Waals surface area contributed by atoms with E-state index in [1.165, 1.54) is 0 Å². The lowest BCUT2D eigenvalue weighted by Crippen LogP contribution is -1.96. The van der Waals surface area contributed by atoms with Crippen LogP contribution in [0.3, 0.4) is 0 Å². The number of rotatable bonds is 0. The quantitative estimate of drug-likeness (QED) is 0.393. The minimum Gasteiger partial charge on any atom is -0.382 e. The highest BCUT2D eigenvalue weighted by Crippen LogP contribution is 2.27. The second-order valence-electron chi connectivity index (χ2n) is 5.75. The Balaban J connectivity index is 1.91. The molecule has 0 fully saturated rings. The predicted octanol–water partition coefficient (Wildman–Crippen LogP) is 4.07. The summed E-state index contributed by atoms with van der Waals surface area (Å²) < 4.78 is 0. The Kier molecular flexibility index (Phi) is 3.36. The number of anilines is 1. The van der Waals surface area contributed by atoms with Crippen molar-refractivity contribution in [3.8, 4) is 11.8 Å². The minimum atomic E-state index is 0.450. The number of nitrogen functional groups attached to an aromatic ring is 1. The van der Waals surface area contributed by atoms with Gasteiger partial charge in [-0.15, -0.1) is 0 Å². The first-order chi connectivity index (χ1) is 11.7. The summed E-state index contributed by atoms with van der Waals surface area (Å²) in [5.74, 6) is 6.79. The number of fused-ring (bicyclic) bond motifs is 3. The lowest BCUT2D eigenvalue weighted by atomic mass is 10.1. The first-order valence-electron chi connectivity index (χ1n) is 7.73. The average molecular weight is 309 g/mol. The van der Waals surface area contributed by atoms with E-state index in [-0.39, 0.29) is 0 Å². The van der Waals surface area contributed by atoms with Gasteiger partial charge in [0.05, 0.1) is 5.52 Å². The van der Waals surface area contributed by atoms with Gasteiger partial charge in [0.25, 0.3) is 0 Å². The molecule has 3 nitrogen and oxygen atoms in total. The summed E-state index contributed by atoms with van der Waals surface area (Å²) in [6, 6.07) is 18.1. The molecule has 0 aliphatic carbocycles. The average Bonchev–Trinajstić information content (AvgIpc) is 2.60. The maximum atomic E-state index is 6.08. The summed E-state index contributed by atoms with van der Waals surface area (Å²) in [5, 5.41) is 2.03. The number of nitrogens with zero attached hydrogens (tertiary/aromatic N) is 2. The minimum absolute atomic E-state index is 0.450. The fraction of sp³-hybridized carbons (Fsp3) is 0.0476. The van der Waals surface area contributed by atoms with Crippen molar-refractivity contribution in [2.45, 2.75) is 6.92 Å². The van der Waals surface area contributed by atoms with Gasteiger partial charge in [0, 0.05) is 28.1 Å². The van der Waals surface area contributed by atoms with Crippen LogP contribution in [0.2, 0.25) is 0 Å². The zero-order valence-electron chi connectivity index (χ0n) is 13.2. The van der Waals surface area contributed by atoms with Gasteiger partial charge < -0.3 is 5.73 Å². The highest BCUT2D eigenvalue weighted by molar-refractivity contribution is 6.08. The van der Waals surface area contributed by atoms with Crippen LogP contribution in [0.15, 0.2) is 60.8 Å². The maximum absolute atomic E-state index is 6.08. The van der Waals surface area contributed by atoms with Crippen molar-refractivity contribution in [2.24, 2.45) is 0 Å². The summed E-state index contributed by atoms with van der Waals surface area (Å²) in [7, 11) is 0. The van der Waals surface area contributed by atoms with Gasteiger partial charge in [-0.2, -0.15) is 0 Å². The number of aryl methyl sites for hydroxylation is 1. The first kappa shape index (κ1) is 14.2. The van der Waals surface area contributed by atoms with Crippen molar-refractivity contribution >= 4 is 27.6 Å². The molecule has 0 radical (unpaired) electrons. The Morgan fingerprint density at radius 3 is 2.50 bits per heavy atom. The highest BCUT2D eigenvalue weighted by Gasteiger charge is 2.08. The summed E-state index contributed by atoms with van der Waals surface area (Å²) in [5.41, 5.74) is 10.7. The third-order valence-electron chi connectivity index (χ3n) is 3.94. The molecular weight excluding hydrogens is 294 g/mol. The van der Waals surface area contributed by atoms with Gasteiger partial charge in [0.2, 0.25) is 0 Å². The molecule has 0 saturated carbocycles. The van der Waals surface area contributed by atoms with Crippen molar-refractivity contribution in [2.75, 3.05) is 5.73 Å². The molecule has 3 heteroatoms. The molecule has 0 amide bonds. The van der Waals surface area contributed by atoms with Gasteiger partial charge in [-0.1, -0.05) is 42.2 Å². The van der Waals surface area contributed by atoms with Crippen LogP contribution in [-0.2, 0) is 0 Å². The van der Waals surface area contributed by atoms with Crippen LogP contribution in [0.25, 0.3) is 21.8 Å². The Hall–Kier alpha value is -3.38. The molecule has 2 aromatic carbocycles. The van der Waals surface area contributed by atoms with Crippen LogP contribution in [0.4, 0.5) is 5.82 Å². The van der Waals surface area contributed by atoms with E-state index in [0.717, 1.165) is 38.5 Å². The van der Waals surface area contributed by atoms with Gasteiger partial charge in [-0.25, -0.2) is 4.98 Å². The van der Waals surface area contributed by atoms with Gasteiger partial charge in [0.1, 0.15) is 5.52 Å². The molecular formula is C21H15N3. The Morgan fingerprint density at radius 2 is 1.67 bits per heavy atom. The van der Waals surface area contributed by atoms with Crippen LogP contribution < -0.4 is 5.73 Å². The van der Waals surface area contributed by atoms with E-state index in [0.29, 0.717) is 5.82 Å². The lowest BCUT2D eigenvalue weighted by molar-refractivity contribution is 1.34. The van der Waals surface area contributed by atoms with Crippen LogP contribution in [0.1, 0.15) is 16.7 Å². The van der Waals surface area contributed by atoms with Crippen LogP contribution in [0, 0.1) is 18.8 Å². The fourth-order valence-corrected chi connectivity index (χ4v) is 2.75. The molecule has 0 aliphatic heterocycles. The van der Waals surface area contributed by atoms with Crippen molar-refractivity contribution in [1.82, 2.24) is 9.97 Å². The largest absolute Gasteiger partial charge is 0.382 e. The Bertz CT molecular complexity index is 1120. The normalized spacial score (nSPS) is 10.5. The first-order valence-corrected chi connectivity index (χ1v) is 7.73. The molecule has 0 spiro atoms. The Morgan fingerprint density at radius 1 is 0.875 bits per heavy atom. The molecule has 2 heterocycles. The molecule has 2 N–H and O–H groups in total. The fourth-order valence-electron chi connectivity index (χ4n) is 2.75. The number of aromatic nitrogens is 2. The van der Waals surface area contributed by atoms with Crippen molar-refractivity contribution in [3.63, 3.8) is 0 Å². The van der Waals surface area contributed by atoms with E-state index in [1.54, 1.807) is 6.20 Å². The molecule has 24 heavy (non-hydrogen) atoms. The maximum Gasteiger partial charge on any atom is 0.150 e. The van der Waals surface area contributed by atoms with Crippen molar-refractivity contribution in [1.29, 1.82) is 0 Å². The van der Waals surface area contributed by atoms with Crippen LogP contribution >= 0.6 is 0 Å². The zero-order chi connectivity index (χ0) is 16.5. The third-order valence-corrected chi connectivity index (χ3v) is 3.94. The molecule has 0 bridgehead atoms. The topological polar surface area (TPSA) is 51.8 Å². The summed E-state index contributed by atoms with van der Waals surface area (Å²) in [4.78, 5) is 8.94. The number of pyridine rings is 2. The second-order valence-corrected chi connectivity index (χ2v) is 5.75. The van der Waals surface area contributed by atoms with E-state index in [1.807, 2.05) is 49.4 Å². The molecule has 4 aromatic rings. The molecule has 0 unspecified atom stereocenters. The SMILES string of the molecule is Cc1ccc2c(c1)nc(N)c1ncc(C#Cc3ccccc3)cc12. The molecule has 4 rings (SSSR count). The predicted molar refractivity (Wildman–Crippen MR) is 98.6 cm³/mol. The van der Waals surface area contributed by atoms with E-state index in [9.17, 15) is 0 Å². The van der Waals surface area contributed by atoms with Crippen molar-refractivity contribution in [3.05, 3.63) is 77.5 Å². The van der Waals surface area contributed by atoms with Gasteiger partial charge in [-0.05, 0) is 36.8 Å². The third kappa shape index (κ3) is 2.55. The van der Waals surface area contributed by atoms with E-state index in [2.05, 4.69) is 33.9 Å². The number of nitrogens with two attached hydrogens (primary N) is 1. The van der Waals surface area contributed by atoms with E-state index in [4.69, 9.17) is 5.73 Å². The highest BCUT2D eigenvalue weighted by atomic mass is 14.9. The second kappa shape index (κ2) is 5.68. The summed E-state index contributed by atoms with van der Waals surface area (Å²) in [6.45, 7) is 2.04. The molecule has 0 atom stereocenters. The smallest absolute Gasteiger partial charge is 0.150 e. The number of benzene rings is 2. The molecule has 2 aromatic heterocycles. The standard InChI is InChI=1S/C21H15N3/c1-14-7-10-17-18-12-16(9-8-15-5-3-2-4-6-15)13-23-20(18)21(22)24-19(17)11-14/h2-7,10-13H,1H3,(H2,22,24). The van der Waals surface area contributed by atoms with Crippen molar-refractivity contribution < 1.29 is 0 Å². The van der Waals surface area contributed by atoms with Gasteiger partial charge in [0.15, 0.2) is 5.82 Å². The number of hydrogen-bond donors (Lipinski definition) is 1. The van der Waals surface area contributed by atoms with E-state index >= 15 is 0 Å². The van der Waals surface area contributed by atoms with E-state index < -0.39 is 0 Å². The Labute approximate surface area is 140 Å². The monoisotopic (exact) mass is 309 g/mol. The van der Waals surface area contributed by atoms with Gasteiger partial charge in [-0.3, -0.25) is 4.98 Å².